The fourth-order valence-electron chi connectivity index (χ4n) is 1.94. The van der Waals surface area contributed by atoms with Crippen LogP contribution in [0.4, 0.5) is 15.8 Å². The van der Waals surface area contributed by atoms with Crippen molar-refractivity contribution >= 4 is 17.3 Å². The zero-order chi connectivity index (χ0) is 15.2. The van der Waals surface area contributed by atoms with Gasteiger partial charge in [-0.25, -0.2) is 4.39 Å². The Balaban J connectivity index is 2.17. The van der Waals surface area contributed by atoms with Crippen LogP contribution in [0.1, 0.15) is 15.9 Å². The van der Waals surface area contributed by atoms with E-state index in [9.17, 15) is 9.18 Å². The van der Waals surface area contributed by atoms with E-state index in [1.807, 2.05) is 18.2 Å². The maximum atomic E-state index is 13.4. The highest BCUT2D eigenvalue weighted by molar-refractivity contribution is 6.04. The normalized spacial score (nSPS) is 10.4. The number of para-hydroxylation sites is 1. The number of methoxy groups -OCH3 is 1. The average molecular weight is 288 g/mol. The van der Waals surface area contributed by atoms with Crippen molar-refractivity contribution in [3.05, 3.63) is 59.4 Å². The number of nitrogens with two attached hydrogens (primary N) is 1. The lowest BCUT2D eigenvalue weighted by Gasteiger charge is -2.11. The minimum Gasteiger partial charge on any atom is -0.396 e. The molecule has 0 saturated carbocycles. The topological polar surface area (TPSA) is 64.3 Å². The molecular weight excluding hydrogens is 271 g/mol. The van der Waals surface area contributed by atoms with Crippen LogP contribution in [0.2, 0.25) is 0 Å². The number of benzene rings is 2. The predicted octanol–water partition coefficient (Wildman–Crippen LogP) is 2.85. The van der Waals surface area contributed by atoms with E-state index in [1.165, 1.54) is 12.1 Å². The second kappa shape index (κ2) is 6.85. The molecule has 0 aliphatic heterocycles. The Bertz CT molecular complexity index is 644. The number of nitrogen functional groups attached to an aromatic ring is 1. The lowest BCUT2D eigenvalue weighted by Crippen LogP contribution is -2.14. The zero-order valence-electron chi connectivity index (χ0n) is 11.7. The molecule has 4 nitrogen and oxygen atoms in total. The zero-order valence-corrected chi connectivity index (χ0v) is 11.7. The van der Waals surface area contributed by atoms with Crippen molar-refractivity contribution in [3.63, 3.8) is 0 Å². The third kappa shape index (κ3) is 3.79. The van der Waals surface area contributed by atoms with E-state index in [-0.39, 0.29) is 17.2 Å². The highest BCUT2D eigenvalue weighted by atomic mass is 19.1. The van der Waals surface area contributed by atoms with Gasteiger partial charge in [0.2, 0.25) is 0 Å². The molecule has 0 spiro atoms. The first-order valence-electron chi connectivity index (χ1n) is 6.55. The van der Waals surface area contributed by atoms with Gasteiger partial charge in [0.25, 0.3) is 5.91 Å². The van der Waals surface area contributed by atoms with Crippen LogP contribution in [-0.4, -0.2) is 19.6 Å². The standard InChI is InChI=1S/C16H17FN2O2/c1-21-9-8-11-4-2-3-5-15(11)19-16(20)12-6-7-14(18)13(17)10-12/h2-7,10H,8-9,18H2,1H3,(H,19,20). The molecule has 0 fully saturated rings. The highest BCUT2D eigenvalue weighted by Gasteiger charge is 2.10. The Morgan fingerprint density at radius 2 is 2.05 bits per heavy atom. The molecule has 110 valence electrons. The van der Waals surface area contributed by atoms with Crippen molar-refractivity contribution in [2.45, 2.75) is 6.42 Å². The molecule has 2 aromatic carbocycles. The van der Waals surface area contributed by atoms with Crippen LogP contribution in [0.25, 0.3) is 0 Å². The number of carbonyl (C=O) groups excluding carboxylic acids is 1. The summed E-state index contributed by atoms with van der Waals surface area (Å²) in [6, 6.07) is 11.4. The Kier molecular flexibility index (Phi) is 4.90. The van der Waals surface area contributed by atoms with Gasteiger partial charge in [0.05, 0.1) is 12.3 Å². The fraction of sp³-hybridized carbons (Fsp3) is 0.188. The smallest absolute Gasteiger partial charge is 0.255 e. The minimum atomic E-state index is -0.602. The van der Waals surface area contributed by atoms with Gasteiger partial charge >= 0.3 is 0 Å². The van der Waals surface area contributed by atoms with E-state index in [1.54, 1.807) is 13.2 Å². The summed E-state index contributed by atoms with van der Waals surface area (Å²) in [6.07, 6.45) is 0.684. The van der Waals surface area contributed by atoms with Crippen LogP contribution in [0, 0.1) is 5.82 Å². The monoisotopic (exact) mass is 288 g/mol. The number of amides is 1. The van der Waals surface area contributed by atoms with Crippen molar-refractivity contribution in [1.82, 2.24) is 0 Å². The molecule has 0 unspecified atom stereocenters. The number of hydrogen-bond acceptors (Lipinski definition) is 3. The lowest BCUT2D eigenvalue weighted by molar-refractivity contribution is 0.102. The van der Waals surface area contributed by atoms with Crippen molar-refractivity contribution in [3.8, 4) is 0 Å². The first kappa shape index (κ1) is 15.0. The Labute approximate surface area is 122 Å². The van der Waals surface area contributed by atoms with Gasteiger partial charge in [-0.05, 0) is 36.2 Å². The maximum absolute atomic E-state index is 13.4. The molecule has 2 rings (SSSR count). The summed E-state index contributed by atoms with van der Waals surface area (Å²) in [4.78, 5) is 12.2. The summed E-state index contributed by atoms with van der Waals surface area (Å²) >= 11 is 0. The Morgan fingerprint density at radius 1 is 1.29 bits per heavy atom. The van der Waals surface area contributed by atoms with E-state index in [0.29, 0.717) is 18.7 Å². The summed E-state index contributed by atoms with van der Waals surface area (Å²) in [5, 5.41) is 2.78. The van der Waals surface area contributed by atoms with Gasteiger partial charge in [0.15, 0.2) is 0 Å². The first-order valence-corrected chi connectivity index (χ1v) is 6.55. The van der Waals surface area contributed by atoms with E-state index in [0.717, 1.165) is 11.6 Å². The number of rotatable bonds is 5. The van der Waals surface area contributed by atoms with E-state index < -0.39 is 5.82 Å². The number of nitrogens with one attached hydrogen (secondary N) is 1. The van der Waals surface area contributed by atoms with E-state index >= 15 is 0 Å². The average Bonchev–Trinajstić information content (AvgIpc) is 2.49. The van der Waals surface area contributed by atoms with Crippen molar-refractivity contribution < 1.29 is 13.9 Å². The molecule has 1 amide bonds. The van der Waals surface area contributed by atoms with Gasteiger partial charge in [0, 0.05) is 18.4 Å². The van der Waals surface area contributed by atoms with Gasteiger partial charge in [-0.2, -0.15) is 0 Å². The minimum absolute atomic E-state index is 0.0204. The molecule has 0 radical (unpaired) electrons. The molecule has 5 heteroatoms. The summed E-state index contributed by atoms with van der Waals surface area (Å²) < 4.78 is 18.4. The summed E-state index contributed by atoms with van der Waals surface area (Å²) in [5.41, 5.74) is 7.30. The van der Waals surface area contributed by atoms with Crippen LogP contribution < -0.4 is 11.1 Å². The second-order valence-electron chi connectivity index (χ2n) is 4.59. The molecule has 0 atom stereocenters. The third-order valence-electron chi connectivity index (χ3n) is 3.10. The largest absolute Gasteiger partial charge is 0.396 e. The summed E-state index contributed by atoms with van der Waals surface area (Å²) in [7, 11) is 1.62. The van der Waals surface area contributed by atoms with Gasteiger partial charge in [-0.1, -0.05) is 18.2 Å². The third-order valence-corrected chi connectivity index (χ3v) is 3.10. The summed E-state index contributed by atoms with van der Waals surface area (Å²) in [6.45, 7) is 0.559. The van der Waals surface area contributed by atoms with Gasteiger partial charge in [-0.15, -0.1) is 0 Å². The molecule has 0 saturated heterocycles. The van der Waals surface area contributed by atoms with Gasteiger partial charge < -0.3 is 15.8 Å². The van der Waals surface area contributed by atoms with Crippen LogP contribution in [0.15, 0.2) is 42.5 Å². The highest BCUT2D eigenvalue weighted by Crippen LogP contribution is 2.18. The van der Waals surface area contributed by atoms with Crippen molar-refractivity contribution in [2.75, 3.05) is 24.8 Å². The molecule has 0 aliphatic carbocycles. The van der Waals surface area contributed by atoms with E-state index in [4.69, 9.17) is 10.5 Å². The fourth-order valence-corrected chi connectivity index (χ4v) is 1.94. The van der Waals surface area contributed by atoms with Crippen molar-refractivity contribution in [1.29, 1.82) is 0 Å². The molecule has 2 aromatic rings. The molecule has 0 aromatic heterocycles. The number of halogens is 1. The van der Waals surface area contributed by atoms with Crippen LogP contribution in [0.5, 0.6) is 0 Å². The van der Waals surface area contributed by atoms with Gasteiger partial charge in [0.1, 0.15) is 5.82 Å². The molecule has 0 bridgehead atoms. The lowest BCUT2D eigenvalue weighted by atomic mass is 10.1. The van der Waals surface area contributed by atoms with Crippen LogP contribution >= 0.6 is 0 Å². The van der Waals surface area contributed by atoms with Crippen LogP contribution in [0.3, 0.4) is 0 Å². The second-order valence-corrected chi connectivity index (χ2v) is 4.59. The Morgan fingerprint density at radius 3 is 2.76 bits per heavy atom. The predicted molar refractivity (Wildman–Crippen MR) is 80.8 cm³/mol. The molecular formula is C16H17FN2O2. The number of anilines is 2. The summed E-state index contributed by atoms with van der Waals surface area (Å²) in [5.74, 6) is -0.978. The Hall–Kier alpha value is -2.40. The number of carbonyl (C=O) groups is 1. The molecule has 0 aliphatic rings. The molecule has 0 heterocycles. The van der Waals surface area contributed by atoms with Crippen LogP contribution in [-0.2, 0) is 11.2 Å². The quantitative estimate of drug-likeness (QED) is 0.831. The molecule has 21 heavy (non-hydrogen) atoms. The van der Waals surface area contributed by atoms with Gasteiger partial charge in [-0.3, -0.25) is 4.79 Å². The number of ether oxygens (including phenoxy) is 1. The SMILES string of the molecule is COCCc1ccccc1NC(=O)c1ccc(N)c(F)c1. The van der Waals surface area contributed by atoms with Crippen molar-refractivity contribution in [2.24, 2.45) is 0 Å². The maximum Gasteiger partial charge on any atom is 0.255 e. The number of hydrogen-bond donors (Lipinski definition) is 2. The van der Waals surface area contributed by atoms with E-state index in [2.05, 4.69) is 5.32 Å². The molecule has 3 N–H and O–H groups in total. The first-order chi connectivity index (χ1) is 10.1.